The van der Waals surface area contributed by atoms with E-state index < -0.39 is 5.97 Å². The lowest BCUT2D eigenvalue weighted by atomic mass is 10.4. The summed E-state index contributed by atoms with van der Waals surface area (Å²) in [6.45, 7) is 0. The minimum absolute atomic E-state index is 0.183. The molecule has 2 N–H and O–H groups in total. The highest BCUT2D eigenvalue weighted by Crippen LogP contribution is 2.38. The van der Waals surface area contributed by atoms with Crippen LogP contribution in [0.5, 0.6) is 11.6 Å². The third-order valence-electron chi connectivity index (χ3n) is 2.71. The van der Waals surface area contributed by atoms with E-state index in [0.29, 0.717) is 17.5 Å². The zero-order valence-electron chi connectivity index (χ0n) is 9.75. The summed E-state index contributed by atoms with van der Waals surface area (Å²) in [5.41, 5.74) is -0.263. The second-order valence-electron chi connectivity index (χ2n) is 4.30. The predicted octanol–water partition coefficient (Wildman–Crippen LogP) is 2.20. The van der Waals surface area contributed by atoms with Crippen molar-refractivity contribution in [3.63, 3.8) is 0 Å². The van der Waals surface area contributed by atoms with Crippen LogP contribution >= 0.6 is 11.3 Å². The van der Waals surface area contributed by atoms with E-state index in [1.807, 2.05) is 0 Å². The van der Waals surface area contributed by atoms with E-state index in [-0.39, 0.29) is 16.3 Å². The van der Waals surface area contributed by atoms with Crippen LogP contribution in [-0.4, -0.2) is 21.0 Å². The fraction of sp³-hybridized carbons (Fsp3) is 0.250. The van der Waals surface area contributed by atoms with Gasteiger partial charge in [0.1, 0.15) is 16.5 Å². The van der Waals surface area contributed by atoms with Crippen LogP contribution in [0.3, 0.4) is 0 Å². The van der Waals surface area contributed by atoms with Crippen molar-refractivity contribution < 1.29 is 14.6 Å². The lowest BCUT2D eigenvalue weighted by molar-refractivity contribution is 0.0702. The van der Waals surface area contributed by atoms with Gasteiger partial charge in [-0.15, -0.1) is 11.3 Å². The molecular formula is C12H10N2O4S. The highest BCUT2D eigenvalue weighted by molar-refractivity contribution is 7.12. The van der Waals surface area contributed by atoms with Gasteiger partial charge >= 0.3 is 5.97 Å². The number of hydrogen-bond acceptors (Lipinski definition) is 5. The fourth-order valence-electron chi connectivity index (χ4n) is 1.66. The SMILES string of the molecule is O=C(O)c1cc(Oc2cc(=O)[nH]c(C3CC3)n2)cs1. The zero-order chi connectivity index (χ0) is 13.4. The van der Waals surface area contributed by atoms with Gasteiger partial charge in [-0.2, -0.15) is 4.98 Å². The van der Waals surface area contributed by atoms with Crippen LogP contribution < -0.4 is 10.3 Å². The first-order valence-corrected chi connectivity index (χ1v) is 6.61. The minimum Gasteiger partial charge on any atom is -0.477 e. The Morgan fingerprint density at radius 2 is 2.26 bits per heavy atom. The highest BCUT2D eigenvalue weighted by Gasteiger charge is 2.26. The molecule has 1 saturated carbocycles. The van der Waals surface area contributed by atoms with E-state index in [0.717, 1.165) is 24.2 Å². The van der Waals surface area contributed by atoms with E-state index in [1.165, 1.54) is 12.1 Å². The van der Waals surface area contributed by atoms with Crippen molar-refractivity contribution in [1.82, 2.24) is 9.97 Å². The molecule has 3 rings (SSSR count). The first-order chi connectivity index (χ1) is 9.11. The first kappa shape index (κ1) is 11.9. The summed E-state index contributed by atoms with van der Waals surface area (Å²) in [6.07, 6.45) is 2.04. The Bertz CT molecular complexity index is 687. The second kappa shape index (κ2) is 4.51. The molecule has 1 aliphatic rings. The van der Waals surface area contributed by atoms with E-state index >= 15 is 0 Å². The number of rotatable bonds is 4. The molecule has 0 atom stereocenters. The van der Waals surface area contributed by atoms with Crippen molar-refractivity contribution in [2.24, 2.45) is 0 Å². The molecule has 0 unspecified atom stereocenters. The monoisotopic (exact) mass is 278 g/mol. The second-order valence-corrected chi connectivity index (χ2v) is 5.21. The van der Waals surface area contributed by atoms with Crippen LogP contribution in [0.15, 0.2) is 22.3 Å². The number of carbonyl (C=O) groups is 1. The Morgan fingerprint density at radius 3 is 2.89 bits per heavy atom. The third kappa shape index (κ3) is 2.65. The largest absolute Gasteiger partial charge is 0.477 e. The predicted molar refractivity (Wildman–Crippen MR) is 68.2 cm³/mol. The van der Waals surface area contributed by atoms with Gasteiger partial charge in [0, 0.05) is 17.4 Å². The number of aromatic nitrogens is 2. The van der Waals surface area contributed by atoms with Gasteiger partial charge < -0.3 is 14.8 Å². The number of aromatic amines is 1. The molecule has 0 spiro atoms. The van der Waals surface area contributed by atoms with E-state index in [4.69, 9.17) is 9.84 Å². The van der Waals surface area contributed by atoms with Crippen molar-refractivity contribution >= 4 is 17.3 Å². The van der Waals surface area contributed by atoms with Crippen molar-refractivity contribution in [1.29, 1.82) is 0 Å². The van der Waals surface area contributed by atoms with Crippen molar-refractivity contribution in [3.05, 3.63) is 38.6 Å². The summed E-state index contributed by atoms with van der Waals surface area (Å²) in [6, 6.07) is 2.66. The van der Waals surface area contributed by atoms with Crippen LogP contribution in [-0.2, 0) is 0 Å². The number of carboxylic acid groups (broad SMARTS) is 1. The van der Waals surface area contributed by atoms with E-state index in [2.05, 4.69) is 9.97 Å². The smallest absolute Gasteiger partial charge is 0.346 e. The molecule has 2 aromatic heterocycles. The number of aromatic carboxylic acids is 1. The molecule has 1 fully saturated rings. The van der Waals surface area contributed by atoms with Crippen LogP contribution in [0, 0.1) is 0 Å². The molecule has 1 aliphatic carbocycles. The summed E-state index contributed by atoms with van der Waals surface area (Å²) in [5.74, 6) is 0.518. The average Bonchev–Trinajstić information content (AvgIpc) is 3.09. The Balaban J connectivity index is 1.85. The molecule has 0 radical (unpaired) electrons. The Morgan fingerprint density at radius 1 is 1.47 bits per heavy atom. The fourth-order valence-corrected chi connectivity index (χ4v) is 2.31. The number of ether oxygens (including phenoxy) is 1. The maximum atomic E-state index is 11.5. The lowest BCUT2D eigenvalue weighted by Gasteiger charge is -2.03. The first-order valence-electron chi connectivity index (χ1n) is 5.73. The third-order valence-corrected chi connectivity index (χ3v) is 3.61. The summed E-state index contributed by atoms with van der Waals surface area (Å²) < 4.78 is 5.42. The molecule has 6 nitrogen and oxygen atoms in total. The van der Waals surface area contributed by atoms with Gasteiger partial charge in [-0.3, -0.25) is 4.79 Å². The number of thiophene rings is 1. The van der Waals surface area contributed by atoms with Crippen LogP contribution in [0.1, 0.15) is 34.3 Å². The van der Waals surface area contributed by atoms with Gasteiger partial charge in [-0.25, -0.2) is 4.79 Å². The Labute approximate surface area is 111 Å². The van der Waals surface area contributed by atoms with E-state index in [1.54, 1.807) is 5.38 Å². The number of H-pyrrole nitrogens is 1. The molecule has 7 heteroatoms. The van der Waals surface area contributed by atoms with Crippen molar-refractivity contribution in [2.75, 3.05) is 0 Å². The van der Waals surface area contributed by atoms with Crippen molar-refractivity contribution in [3.8, 4) is 11.6 Å². The van der Waals surface area contributed by atoms with Gasteiger partial charge in [-0.1, -0.05) is 0 Å². The van der Waals surface area contributed by atoms with Crippen LogP contribution in [0.2, 0.25) is 0 Å². The molecule has 0 aliphatic heterocycles. The summed E-state index contributed by atoms with van der Waals surface area (Å²) in [5, 5.41) is 10.4. The van der Waals surface area contributed by atoms with Crippen LogP contribution in [0.4, 0.5) is 0 Å². The van der Waals surface area contributed by atoms with Gasteiger partial charge in [0.25, 0.3) is 5.56 Å². The molecule has 0 saturated heterocycles. The molecule has 19 heavy (non-hydrogen) atoms. The van der Waals surface area contributed by atoms with Crippen LogP contribution in [0.25, 0.3) is 0 Å². The summed E-state index contributed by atoms with van der Waals surface area (Å²) in [7, 11) is 0. The number of hydrogen-bond donors (Lipinski definition) is 2. The number of nitrogens with zero attached hydrogens (tertiary/aromatic N) is 1. The van der Waals surface area contributed by atoms with Gasteiger partial charge in [0.2, 0.25) is 5.88 Å². The Kier molecular flexibility index (Phi) is 2.83. The summed E-state index contributed by atoms with van der Waals surface area (Å²) >= 11 is 1.07. The molecular weight excluding hydrogens is 268 g/mol. The van der Waals surface area contributed by atoms with Gasteiger partial charge in [0.05, 0.1) is 6.07 Å². The summed E-state index contributed by atoms with van der Waals surface area (Å²) in [4.78, 5) is 29.3. The quantitative estimate of drug-likeness (QED) is 0.894. The molecule has 98 valence electrons. The molecule has 0 amide bonds. The highest BCUT2D eigenvalue weighted by atomic mass is 32.1. The van der Waals surface area contributed by atoms with Crippen molar-refractivity contribution in [2.45, 2.75) is 18.8 Å². The number of nitrogens with one attached hydrogen (secondary N) is 1. The molecule has 2 aromatic rings. The number of carboxylic acids is 1. The van der Waals surface area contributed by atoms with Gasteiger partial charge in [-0.05, 0) is 12.8 Å². The molecule has 0 bridgehead atoms. The molecule has 2 heterocycles. The maximum absolute atomic E-state index is 11.5. The Hall–Kier alpha value is -2.15. The zero-order valence-corrected chi connectivity index (χ0v) is 10.6. The van der Waals surface area contributed by atoms with E-state index in [9.17, 15) is 9.59 Å². The maximum Gasteiger partial charge on any atom is 0.346 e. The topological polar surface area (TPSA) is 92.3 Å². The minimum atomic E-state index is -1.00. The normalized spacial score (nSPS) is 14.3. The van der Waals surface area contributed by atoms with Gasteiger partial charge in [0.15, 0.2) is 0 Å². The average molecular weight is 278 g/mol. The molecule has 0 aromatic carbocycles. The standard InChI is InChI=1S/C12H10N2O4S/c15-9-4-10(14-11(13-9)6-1-2-6)18-7-3-8(12(16)17)19-5-7/h3-6H,1-2H2,(H,16,17)(H,13,14,15). The lowest BCUT2D eigenvalue weighted by Crippen LogP contribution is -2.10.